The second-order valence-electron chi connectivity index (χ2n) is 5.47. The lowest BCUT2D eigenvalue weighted by Gasteiger charge is -2.25. The molecular formula is C12H20N2O. The van der Waals surface area contributed by atoms with Crippen molar-refractivity contribution in [2.24, 2.45) is 16.8 Å². The predicted molar refractivity (Wildman–Crippen MR) is 60.8 cm³/mol. The standard InChI is InChI=1S/C12H20N2O/c1-8-4-6-9(7-5-8)10-13-11(15)12(2,3)14-10/h8-9H,4-7H2,1-3H3,(H,13,14,15). The fourth-order valence-electron chi connectivity index (χ4n) is 2.38. The summed E-state index contributed by atoms with van der Waals surface area (Å²) < 4.78 is 0. The zero-order chi connectivity index (χ0) is 11.1. The van der Waals surface area contributed by atoms with Gasteiger partial charge in [-0.2, -0.15) is 0 Å². The highest BCUT2D eigenvalue weighted by molar-refractivity contribution is 6.08. The maximum Gasteiger partial charge on any atom is 0.252 e. The Bertz CT molecular complexity index is 299. The van der Waals surface area contributed by atoms with E-state index >= 15 is 0 Å². The van der Waals surface area contributed by atoms with Crippen LogP contribution in [0.4, 0.5) is 0 Å². The Hall–Kier alpha value is -0.860. The minimum atomic E-state index is -0.543. The summed E-state index contributed by atoms with van der Waals surface area (Å²) in [5.41, 5.74) is -0.543. The van der Waals surface area contributed by atoms with E-state index in [0.717, 1.165) is 11.8 Å². The first kappa shape index (κ1) is 10.7. The summed E-state index contributed by atoms with van der Waals surface area (Å²) in [6.07, 6.45) is 4.88. The molecule has 0 aromatic carbocycles. The van der Waals surface area contributed by atoms with Crippen LogP contribution in [-0.4, -0.2) is 17.3 Å². The van der Waals surface area contributed by atoms with E-state index in [-0.39, 0.29) is 5.91 Å². The molecule has 84 valence electrons. The van der Waals surface area contributed by atoms with Gasteiger partial charge >= 0.3 is 0 Å². The Kier molecular flexibility index (Phi) is 2.57. The molecule has 0 spiro atoms. The van der Waals surface area contributed by atoms with Gasteiger partial charge in [0.1, 0.15) is 11.4 Å². The highest BCUT2D eigenvalue weighted by atomic mass is 16.2. The lowest BCUT2D eigenvalue weighted by molar-refractivity contribution is -0.122. The number of carbonyl (C=O) groups is 1. The Morgan fingerprint density at radius 2 is 1.87 bits per heavy atom. The smallest absolute Gasteiger partial charge is 0.252 e. The average Bonchev–Trinajstić information content (AvgIpc) is 2.42. The molecule has 2 aliphatic rings. The van der Waals surface area contributed by atoms with Crippen LogP contribution in [-0.2, 0) is 4.79 Å². The van der Waals surface area contributed by atoms with Gasteiger partial charge in [-0.1, -0.05) is 19.8 Å². The minimum absolute atomic E-state index is 0.0520. The van der Waals surface area contributed by atoms with Gasteiger partial charge in [0, 0.05) is 5.92 Å². The molecule has 15 heavy (non-hydrogen) atoms. The van der Waals surface area contributed by atoms with Crippen LogP contribution >= 0.6 is 0 Å². The van der Waals surface area contributed by atoms with Crippen molar-refractivity contribution in [3.8, 4) is 0 Å². The minimum Gasteiger partial charge on any atom is -0.312 e. The van der Waals surface area contributed by atoms with Crippen molar-refractivity contribution in [2.75, 3.05) is 0 Å². The zero-order valence-corrected chi connectivity index (χ0v) is 9.84. The van der Waals surface area contributed by atoms with Crippen molar-refractivity contribution in [3.05, 3.63) is 0 Å². The van der Waals surface area contributed by atoms with Gasteiger partial charge in [0.15, 0.2) is 0 Å². The molecule has 3 nitrogen and oxygen atoms in total. The van der Waals surface area contributed by atoms with Gasteiger partial charge in [0.2, 0.25) is 0 Å². The van der Waals surface area contributed by atoms with E-state index in [1.54, 1.807) is 0 Å². The molecule has 0 aromatic rings. The van der Waals surface area contributed by atoms with Crippen LogP contribution in [0.3, 0.4) is 0 Å². The van der Waals surface area contributed by atoms with Crippen LogP contribution in [0, 0.1) is 11.8 Å². The SMILES string of the molecule is CC1CCC(C2=NC(C)(C)C(=O)N2)CC1. The number of hydrogen-bond donors (Lipinski definition) is 1. The highest BCUT2D eigenvalue weighted by Crippen LogP contribution is 2.31. The van der Waals surface area contributed by atoms with Crippen LogP contribution in [0.2, 0.25) is 0 Å². The van der Waals surface area contributed by atoms with Crippen molar-refractivity contribution >= 4 is 11.7 Å². The molecule has 0 aromatic heterocycles. The zero-order valence-electron chi connectivity index (χ0n) is 9.84. The van der Waals surface area contributed by atoms with E-state index in [9.17, 15) is 4.79 Å². The molecule has 0 radical (unpaired) electrons. The Morgan fingerprint density at radius 3 is 2.33 bits per heavy atom. The van der Waals surface area contributed by atoms with E-state index in [2.05, 4.69) is 17.2 Å². The lowest BCUT2D eigenvalue weighted by atomic mass is 9.82. The van der Waals surface area contributed by atoms with Crippen LogP contribution in [0.15, 0.2) is 4.99 Å². The summed E-state index contributed by atoms with van der Waals surface area (Å²) in [6.45, 7) is 6.05. The summed E-state index contributed by atoms with van der Waals surface area (Å²) in [7, 11) is 0. The monoisotopic (exact) mass is 208 g/mol. The van der Waals surface area contributed by atoms with Crippen molar-refractivity contribution in [1.29, 1.82) is 0 Å². The van der Waals surface area contributed by atoms with Crippen molar-refractivity contribution in [2.45, 2.75) is 52.0 Å². The van der Waals surface area contributed by atoms with Gasteiger partial charge in [-0.15, -0.1) is 0 Å². The number of carbonyl (C=O) groups excluding carboxylic acids is 1. The van der Waals surface area contributed by atoms with Crippen molar-refractivity contribution in [1.82, 2.24) is 5.32 Å². The third kappa shape index (κ3) is 2.06. The molecule has 2 rings (SSSR count). The molecule has 1 aliphatic carbocycles. The second-order valence-corrected chi connectivity index (χ2v) is 5.47. The third-order valence-electron chi connectivity index (χ3n) is 3.60. The molecule has 3 heteroatoms. The number of amidine groups is 1. The fraction of sp³-hybridized carbons (Fsp3) is 0.833. The maximum atomic E-state index is 11.6. The number of aliphatic imine (C=N–C) groups is 1. The Morgan fingerprint density at radius 1 is 1.27 bits per heavy atom. The van der Waals surface area contributed by atoms with Gasteiger partial charge in [-0.3, -0.25) is 9.79 Å². The molecule has 1 amide bonds. The number of amides is 1. The Balaban J connectivity index is 2.04. The third-order valence-corrected chi connectivity index (χ3v) is 3.60. The first-order valence-corrected chi connectivity index (χ1v) is 5.90. The number of hydrogen-bond acceptors (Lipinski definition) is 2. The van der Waals surface area contributed by atoms with Gasteiger partial charge in [-0.05, 0) is 32.6 Å². The summed E-state index contributed by atoms with van der Waals surface area (Å²) in [5.74, 6) is 2.33. The molecular weight excluding hydrogens is 188 g/mol. The number of nitrogens with zero attached hydrogens (tertiary/aromatic N) is 1. The predicted octanol–water partition coefficient (Wildman–Crippen LogP) is 2.12. The van der Waals surface area contributed by atoms with Crippen molar-refractivity contribution < 1.29 is 4.79 Å². The molecule has 1 aliphatic heterocycles. The molecule has 0 unspecified atom stereocenters. The molecule has 1 heterocycles. The quantitative estimate of drug-likeness (QED) is 0.704. The highest BCUT2D eigenvalue weighted by Gasteiger charge is 2.37. The largest absolute Gasteiger partial charge is 0.312 e. The van der Waals surface area contributed by atoms with E-state index in [1.807, 2.05) is 13.8 Å². The van der Waals surface area contributed by atoms with E-state index < -0.39 is 5.54 Å². The molecule has 0 atom stereocenters. The van der Waals surface area contributed by atoms with Gasteiger partial charge in [0.25, 0.3) is 5.91 Å². The molecule has 0 saturated heterocycles. The van der Waals surface area contributed by atoms with Gasteiger partial charge < -0.3 is 5.32 Å². The lowest BCUT2D eigenvalue weighted by Crippen LogP contribution is -2.37. The first-order chi connectivity index (χ1) is 6.99. The number of nitrogens with one attached hydrogen (secondary N) is 1. The molecule has 1 fully saturated rings. The molecule has 0 bridgehead atoms. The van der Waals surface area contributed by atoms with Crippen LogP contribution in [0.1, 0.15) is 46.5 Å². The fourth-order valence-corrected chi connectivity index (χ4v) is 2.38. The van der Waals surface area contributed by atoms with Gasteiger partial charge in [-0.25, -0.2) is 0 Å². The first-order valence-electron chi connectivity index (χ1n) is 5.90. The van der Waals surface area contributed by atoms with E-state index in [4.69, 9.17) is 0 Å². The normalized spacial score (nSPS) is 34.9. The average molecular weight is 208 g/mol. The molecule has 1 N–H and O–H groups in total. The topological polar surface area (TPSA) is 41.5 Å². The van der Waals surface area contributed by atoms with Crippen LogP contribution < -0.4 is 5.32 Å². The number of rotatable bonds is 1. The molecule has 1 saturated carbocycles. The van der Waals surface area contributed by atoms with Crippen molar-refractivity contribution in [3.63, 3.8) is 0 Å². The maximum absolute atomic E-state index is 11.6. The second kappa shape index (κ2) is 3.62. The summed E-state index contributed by atoms with van der Waals surface area (Å²) >= 11 is 0. The Labute approximate surface area is 91.3 Å². The van der Waals surface area contributed by atoms with Crippen LogP contribution in [0.5, 0.6) is 0 Å². The summed E-state index contributed by atoms with van der Waals surface area (Å²) in [4.78, 5) is 16.1. The van der Waals surface area contributed by atoms with Gasteiger partial charge in [0.05, 0.1) is 0 Å². The summed E-state index contributed by atoms with van der Waals surface area (Å²) in [6, 6.07) is 0. The van der Waals surface area contributed by atoms with E-state index in [1.165, 1.54) is 25.7 Å². The summed E-state index contributed by atoms with van der Waals surface area (Å²) in [5, 5.41) is 2.94. The van der Waals surface area contributed by atoms with Crippen LogP contribution in [0.25, 0.3) is 0 Å². The van der Waals surface area contributed by atoms with E-state index in [0.29, 0.717) is 5.92 Å².